The lowest BCUT2D eigenvalue weighted by Gasteiger charge is -1.97. The number of phenolic OH excluding ortho intramolecular Hbond substituents is 1. The fourth-order valence-corrected chi connectivity index (χ4v) is 2.81. The molecule has 1 N–H and O–H groups in total. The van der Waals surface area contributed by atoms with Crippen LogP contribution < -0.4 is 0 Å². The lowest BCUT2D eigenvalue weighted by Crippen LogP contribution is -1.97. The Morgan fingerprint density at radius 1 is 0.875 bits per heavy atom. The second-order valence-electron chi connectivity index (χ2n) is 6.57. The van der Waals surface area contributed by atoms with Crippen molar-refractivity contribution in [3.63, 3.8) is 0 Å². The van der Waals surface area contributed by atoms with E-state index in [2.05, 4.69) is 46.8 Å². The van der Waals surface area contributed by atoms with E-state index < -0.39 is 37.6 Å². The van der Waals surface area contributed by atoms with Crippen molar-refractivity contribution < 1.29 is 19.9 Å². The van der Waals surface area contributed by atoms with Gasteiger partial charge in [-0.05, 0) is 24.6 Å². The third-order valence-electron chi connectivity index (χ3n) is 4.34. The second-order valence-corrected chi connectivity index (χ2v) is 6.57. The molecule has 2 aromatic carbocycles. The van der Waals surface area contributed by atoms with Crippen molar-refractivity contribution in [3.05, 3.63) is 103 Å². The van der Waals surface area contributed by atoms with Crippen LogP contribution in [0, 0.1) is 37.3 Å². The molecule has 0 amide bonds. The molecule has 32 heavy (non-hydrogen) atoms. The molecule has 162 valence electrons. The number of non-ortho nitro benzene ring substituents is 1. The first kappa shape index (κ1) is 21.8. The van der Waals surface area contributed by atoms with E-state index in [9.17, 15) is 30.3 Å². The number of aromatic hydroxyl groups is 1. The number of aryl methyl sites for hydroxylation is 1. The van der Waals surface area contributed by atoms with Crippen molar-refractivity contribution in [2.45, 2.75) is 6.92 Å². The standard InChI is InChI=1S/C14H12N2.C6H3N3O7/c1-11-7-8-16-10-13(15-14(16)9-11)12-5-3-2-4-6-12;10-6-4(8(13)14)1-3(7(11)12)2-5(6)9(15)16/h2-10H,1H3;1-2,10H. The number of fused-ring (bicyclic) bond motifs is 1. The number of hydrogen-bond acceptors (Lipinski definition) is 8. The zero-order valence-corrected chi connectivity index (χ0v) is 16.5. The molecule has 0 radical (unpaired) electrons. The number of imidazole rings is 1. The highest BCUT2D eigenvalue weighted by Crippen LogP contribution is 2.38. The summed E-state index contributed by atoms with van der Waals surface area (Å²) >= 11 is 0. The minimum absolute atomic E-state index is 0.447. The molecular formula is C20H15N5O7. The molecule has 2 heterocycles. The summed E-state index contributed by atoms with van der Waals surface area (Å²) in [6, 6.07) is 15.3. The lowest BCUT2D eigenvalue weighted by atomic mass is 10.2. The van der Waals surface area contributed by atoms with Gasteiger partial charge in [0.1, 0.15) is 5.65 Å². The summed E-state index contributed by atoms with van der Waals surface area (Å²) in [4.78, 5) is 32.4. The van der Waals surface area contributed by atoms with E-state index in [0.29, 0.717) is 12.1 Å². The predicted molar refractivity (Wildman–Crippen MR) is 113 cm³/mol. The summed E-state index contributed by atoms with van der Waals surface area (Å²) in [5.41, 5.74) is 1.41. The van der Waals surface area contributed by atoms with E-state index in [1.54, 1.807) is 0 Å². The van der Waals surface area contributed by atoms with Crippen LogP contribution in [0.5, 0.6) is 5.75 Å². The highest BCUT2D eigenvalue weighted by molar-refractivity contribution is 5.65. The molecule has 12 heteroatoms. The van der Waals surface area contributed by atoms with Crippen LogP contribution in [0.25, 0.3) is 16.9 Å². The third-order valence-corrected chi connectivity index (χ3v) is 4.34. The van der Waals surface area contributed by atoms with Gasteiger partial charge in [-0.2, -0.15) is 0 Å². The van der Waals surface area contributed by atoms with E-state index in [-0.39, 0.29) is 0 Å². The van der Waals surface area contributed by atoms with Gasteiger partial charge in [0.05, 0.1) is 32.6 Å². The van der Waals surface area contributed by atoms with Crippen molar-refractivity contribution in [3.8, 4) is 17.0 Å². The fourth-order valence-electron chi connectivity index (χ4n) is 2.81. The Morgan fingerprint density at radius 2 is 1.47 bits per heavy atom. The molecule has 0 bridgehead atoms. The Hall–Kier alpha value is -4.87. The smallest absolute Gasteiger partial charge is 0.324 e. The Kier molecular flexibility index (Phi) is 6.05. The maximum absolute atomic E-state index is 10.4. The highest BCUT2D eigenvalue weighted by Gasteiger charge is 2.30. The summed E-state index contributed by atoms with van der Waals surface area (Å²) in [5, 5.41) is 40.2. The molecule has 0 unspecified atom stereocenters. The van der Waals surface area contributed by atoms with E-state index in [0.717, 1.165) is 16.9 Å². The van der Waals surface area contributed by atoms with Crippen molar-refractivity contribution in [2.24, 2.45) is 0 Å². The van der Waals surface area contributed by atoms with Gasteiger partial charge in [0.15, 0.2) is 0 Å². The molecule has 0 aliphatic rings. The average Bonchev–Trinajstić information content (AvgIpc) is 3.17. The molecule has 0 fully saturated rings. The zero-order valence-electron chi connectivity index (χ0n) is 16.5. The number of phenols is 1. The van der Waals surface area contributed by atoms with Gasteiger partial charge < -0.3 is 9.51 Å². The monoisotopic (exact) mass is 437 g/mol. The van der Waals surface area contributed by atoms with Gasteiger partial charge in [0.2, 0.25) is 0 Å². The quantitative estimate of drug-likeness (QED) is 0.361. The SMILES string of the molecule is Cc1ccn2cc(-c3ccccc3)nc2c1.O=[N+]([O-])c1cc([N+](=O)[O-])c(O)c([N+](=O)[O-])c1. The molecule has 0 saturated heterocycles. The largest absolute Gasteiger partial charge is 0.497 e. The number of nitrogens with zero attached hydrogens (tertiary/aromatic N) is 5. The van der Waals surface area contributed by atoms with E-state index in [4.69, 9.17) is 5.11 Å². The number of pyridine rings is 1. The number of benzene rings is 2. The summed E-state index contributed by atoms with van der Waals surface area (Å²) in [6.45, 7) is 2.08. The van der Waals surface area contributed by atoms with Crippen LogP contribution in [-0.2, 0) is 0 Å². The minimum Gasteiger partial charge on any atom is -0.497 e. The number of nitro benzene ring substituents is 3. The molecular weight excluding hydrogens is 422 g/mol. The normalized spacial score (nSPS) is 10.3. The van der Waals surface area contributed by atoms with Crippen molar-refractivity contribution in [2.75, 3.05) is 0 Å². The third kappa shape index (κ3) is 4.64. The fraction of sp³-hybridized carbons (Fsp3) is 0.0500. The van der Waals surface area contributed by atoms with Crippen LogP contribution in [0.15, 0.2) is 67.0 Å². The van der Waals surface area contributed by atoms with Crippen LogP contribution in [0.2, 0.25) is 0 Å². The lowest BCUT2D eigenvalue weighted by molar-refractivity contribution is -0.404. The van der Waals surface area contributed by atoms with Crippen LogP contribution in [0.1, 0.15) is 5.56 Å². The molecule has 0 spiro atoms. The van der Waals surface area contributed by atoms with Gasteiger partial charge in [-0.15, -0.1) is 0 Å². The maximum atomic E-state index is 10.4. The first-order valence-electron chi connectivity index (χ1n) is 8.98. The summed E-state index contributed by atoms with van der Waals surface area (Å²) in [6.07, 6.45) is 4.11. The van der Waals surface area contributed by atoms with Gasteiger partial charge in [-0.25, -0.2) is 4.98 Å². The van der Waals surface area contributed by atoms with Gasteiger partial charge >= 0.3 is 11.4 Å². The maximum Gasteiger partial charge on any atom is 0.324 e. The van der Waals surface area contributed by atoms with Crippen LogP contribution in [-0.4, -0.2) is 29.3 Å². The van der Waals surface area contributed by atoms with Crippen molar-refractivity contribution in [1.29, 1.82) is 0 Å². The second kappa shape index (κ2) is 8.87. The summed E-state index contributed by atoms with van der Waals surface area (Å²) in [7, 11) is 0. The molecule has 4 rings (SSSR count). The first-order valence-corrected chi connectivity index (χ1v) is 8.98. The van der Waals surface area contributed by atoms with E-state index in [1.165, 1.54) is 5.56 Å². The molecule has 0 atom stereocenters. The Morgan fingerprint density at radius 3 is 2.00 bits per heavy atom. The van der Waals surface area contributed by atoms with Crippen LogP contribution >= 0.6 is 0 Å². The molecule has 12 nitrogen and oxygen atoms in total. The zero-order chi connectivity index (χ0) is 23.4. The van der Waals surface area contributed by atoms with Crippen LogP contribution in [0.3, 0.4) is 0 Å². The Bertz CT molecular complexity index is 1300. The average molecular weight is 437 g/mol. The molecule has 4 aromatic rings. The van der Waals surface area contributed by atoms with Gasteiger partial charge in [-0.1, -0.05) is 30.3 Å². The number of hydrogen-bond donors (Lipinski definition) is 1. The van der Waals surface area contributed by atoms with E-state index in [1.807, 2.05) is 24.4 Å². The van der Waals surface area contributed by atoms with E-state index >= 15 is 0 Å². The summed E-state index contributed by atoms with van der Waals surface area (Å²) in [5.74, 6) is -1.21. The molecule has 0 saturated carbocycles. The first-order chi connectivity index (χ1) is 15.2. The Labute approximate surface area is 179 Å². The molecule has 2 aromatic heterocycles. The summed E-state index contributed by atoms with van der Waals surface area (Å²) < 4.78 is 2.05. The van der Waals surface area contributed by atoms with Gasteiger partial charge in [0.25, 0.3) is 11.4 Å². The molecule has 0 aliphatic carbocycles. The highest BCUT2D eigenvalue weighted by atomic mass is 16.6. The number of aromatic nitrogens is 2. The van der Waals surface area contributed by atoms with Gasteiger partial charge in [-0.3, -0.25) is 30.3 Å². The predicted octanol–water partition coefficient (Wildman–Crippen LogP) is 4.43. The van der Waals surface area contributed by atoms with Crippen molar-refractivity contribution in [1.82, 2.24) is 9.38 Å². The number of rotatable bonds is 4. The minimum atomic E-state index is -1.21. The Balaban J connectivity index is 0.000000181. The topological polar surface area (TPSA) is 167 Å². The van der Waals surface area contributed by atoms with Crippen LogP contribution in [0.4, 0.5) is 17.1 Å². The molecule has 0 aliphatic heterocycles. The van der Waals surface area contributed by atoms with Gasteiger partial charge in [0, 0.05) is 18.0 Å². The number of nitro groups is 3. The van der Waals surface area contributed by atoms with Crippen molar-refractivity contribution >= 4 is 22.7 Å².